The van der Waals surface area contributed by atoms with Gasteiger partial charge in [0.25, 0.3) is 0 Å². The van der Waals surface area contributed by atoms with Gasteiger partial charge in [0.15, 0.2) is 0 Å². The van der Waals surface area contributed by atoms with Crippen LogP contribution in [0.1, 0.15) is 200 Å². The van der Waals surface area contributed by atoms with Crippen LogP contribution in [-0.4, -0.2) is 23.1 Å². The molecule has 0 aliphatic heterocycles. The number of carbonyl (C=O) groups is 2. The highest BCUT2D eigenvalue weighted by Crippen LogP contribution is 2.15. The molecule has 1 atom stereocenters. The Morgan fingerprint density at radius 1 is 0.523 bits per heavy atom. The molecule has 0 radical (unpaired) electrons. The van der Waals surface area contributed by atoms with E-state index in [2.05, 4.69) is 44.2 Å². The van der Waals surface area contributed by atoms with Gasteiger partial charge in [-0.05, 0) is 70.3 Å². The molecule has 0 aliphatic carbocycles. The van der Waals surface area contributed by atoms with Gasteiger partial charge in [0.2, 0.25) is 0 Å². The molecule has 0 saturated carbocycles. The average Bonchev–Trinajstić information content (AvgIpc) is 3.01. The fraction of sp³-hybridized carbons (Fsp3) is 0.800. The summed E-state index contributed by atoms with van der Waals surface area (Å²) >= 11 is 0. The van der Waals surface area contributed by atoms with Crippen LogP contribution in [0.2, 0.25) is 0 Å². The number of unbranched alkanes of at least 4 members (excludes halogenated alkanes) is 21. The zero-order chi connectivity index (χ0) is 32.2. The first-order valence-electron chi connectivity index (χ1n) is 19.0. The standard InChI is InChI=1S/C40H72O4/c1-3-5-7-9-11-12-13-14-15-16-17-18-19-20-21-22-23-24-25-27-33-37-40(43)44-38(34-30-26-10-8-6-4-2)35-31-28-29-32-36-39(41)42/h8,10,16-17,30,34,38H,3-7,9,11-15,18-29,31-33,35-37H2,1-2H3,(H,41,42)/b10-8-,17-16-,34-30-. The van der Waals surface area contributed by atoms with E-state index in [1.807, 2.05) is 6.08 Å². The van der Waals surface area contributed by atoms with Gasteiger partial charge >= 0.3 is 11.9 Å². The second-order valence-electron chi connectivity index (χ2n) is 12.8. The summed E-state index contributed by atoms with van der Waals surface area (Å²) in [6.45, 7) is 4.46. The molecule has 0 heterocycles. The number of carboxylic acid groups (broad SMARTS) is 1. The van der Waals surface area contributed by atoms with Crippen LogP contribution in [0.4, 0.5) is 0 Å². The molecule has 0 aliphatic rings. The molecule has 1 unspecified atom stereocenters. The van der Waals surface area contributed by atoms with Crippen LogP contribution in [0.25, 0.3) is 0 Å². The minimum Gasteiger partial charge on any atom is -0.481 e. The van der Waals surface area contributed by atoms with Crippen LogP contribution >= 0.6 is 0 Å². The van der Waals surface area contributed by atoms with E-state index >= 15 is 0 Å². The van der Waals surface area contributed by atoms with E-state index in [1.54, 1.807) is 0 Å². The maximum Gasteiger partial charge on any atom is 0.306 e. The van der Waals surface area contributed by atoms with E-state index in [0.29, 0.717) is 6.42 Å². The number of hydrogen-bond donors (Lipinski definition) is 1. The summed E-state index contributed by atoms with van der Waals surface area (Å²) in [7, 11) is 0. The van der Waals surface area contributed by atoms with Crippen molar-refractivity contribution in [3.8, 4) is 0 Å². The molecule has 0 aromatic carbocycles. The summed E-state index contributed by atoms with van der Waals surface area (Å²) in [6, 6.07) is 0. The Morgan fingerprint density at radius 3 is 1.55 bits per heavy atom. The van der Waals surface area contributed by atoms with Gasteiger partial charge in [-0.1, -0.05) is 153 Å². The molecule has 0 fully saturated rings. The SMILES string of the molecule is CCC/C=C\C/C=C\C(CCCCCCC(=O)O)OC(=O)CCCCCCCCCCC/C=C\CCCCCCCCCC. The van der Waals surface area contributed by atoms with Gasteiger partial charge in [-0.3, -0.25) is 9.59 Å². The van der Waals surface area contributed by atoms with E-state index in [1.165, 1.54) is 109 Å². The predicted octanol–water partition coefficient (Wildman–Crippen LogP) is 13.0. The topological polar surface area (TPSA) is 63.6 Å². The molecule has 0 rings (SSSR count). The van der Waals surface area contributed by atoms with Crippen molar-refractivity contribution in [1.29, 1.82) is 0 Å². The molecule has 0 aromatic rings. The fourth-order valence-corrected chi connectivity index (χ4v) is 5.49. The van der Waals surface area contributed by atoms with E-state index in [4.69, 9.17) is 9.84 Å². The van der Waals surface area contributed by atoms with Crippen molar-refractivity contribution >= 4 is 11.9 Å². The molecule has 4 heteroatoms. The summed E-state index contributed by atoms with van der Waals surface area (Å²) in [5.74, 6) is -0.812. The number of rotatable bonds is 34. The van der Waals surface area contributed by atoms with Crippen molar-refractivity contribution in [2.75, 3.05) is 0 Å². The molecule has 1 N–H and O–H groups in total. The van der Waals surface area contributed by atoms with Crippen LogP contribution in [0, 0.1) is 0 Å². The lowest BCUT2D eigenvalue weighted by atomic mass is 10.1. The normalized spacial score (nSPS) is 12.6. The van der Waals surface area contributed by atoms with E-state index in [0.717, 1.165) is 64.2 Å². The number of aliphatic carboxylic acids is 1. The van der Waals surface area contributed by atoms with E-state index in [-0.39, 0.29) is 18.5 Å². The number of hydrogen-bond acceptors (Lipinski definition) is 3. The largest absolute Gasteiger partial charge is 0.481 e. The van der Waals surface area contributed by atoms with Gasteiger partial charge in [-0.15, -0.1) is 0 Å². The van der Waals surface area contributed by atoms with Crippen molar-refractivity contribution in [2.24, 2.45) is 0 Å². The Balaban J connectivity index is 3.80. The van der Waals surface area contributed by atoms with E-state index in [9.17, 15) is 9.59 Å². The van der Waals surface area contributed by atoms with Crippen molar-refractivity contribution in [1.82, 2.24) is 0 Å². The number of carbonyl (C=O) groups excluding carboxylic acids is 1. The van der Waals surface area contributed by atoms with Gasteiger partial charge < -0.3 is 9.84 Å². The van der Waals surface area contributed by atoms with Crippen LogP contribution in [-0.2, 0) is 14.3 Å². The minimum absolute atomic E-state index is 0.0843. The second-order valence-corrected chi connectivity index (χ2v) is 12.8. The van der Waals surface area contributed by atoms with Gasteiger partial charge in [0.05, 0.1) is 0 Å². The lowest BCUT2D eigenvalue weighted by Gasteiger charge is -2.14. The summed E-state index contributed by atoms with van der Waals surface area (Å²) in [6.07, 6.45) is 46.2. The van der Waals surface area contributed by atoms with Crippen molar-refractivity contribution in [3.05, 3.63) is 36.5 Å². The molecular formula is C40H72O4. The number of carboxylic acids is 1. The third-order valence-corrected chi connectivity index (χ3v) is 8.30. The molecule has 0 bridgehead atoms. The van der Waals surface area contributed by atoms with Crippen LogP contribution in [0.3, 0.4) is 0 Å². The zero-order valence-corrected chi connectivity index (χ0v) is 29.2. The highest BCUT2D eigenvalue weighted by molar-refractivity contribution is 5.69. The van der Waals surface area contributed by atoms with Gasteiger partial charge in [0.1, 0.15) is 6.10 Å². The second kappa shape index (κ2) is 35.6. The average molecular weight is 617 g/mol. The predicted molar refractivity (Wildman–Crippen MR) is 190 cm³/mol. The summed E-state index contributed by atoms with van der Waals surface area (Å²) in [4.78, 5) is 23.2. The first-order chi connectivity index (χ1) is 21.6. The Hall–Kier alpha value is -1.84. The van der Waals surface area contributed by atoms with Crippen molar-refractivity contribution in [3.63, 3.8) is 0 Å². The van der Waals surface area contributed by atoms with E-state index < -0.39 is 5.97 Å². The smallest absolute Gasteiger partial charge is 0.306 e. The molecule has 256 valence electrons. The lowest BCUT2D eigenvalue weighted by Crippen LogP contribution is -2.16. The Kier molecular flexibility index (Phi) is 34.1. The summed E-state index contributed by atoms with van der Waals surface area (Å²) < 4.78 is 5.82. The molecule has 0 amide bonds. The Bertz CT molecular complexity index is 708. The number of esters is 1. The maximum absolute atomic E-state index is 12.5. The first kappa shape index (κ1) is 42.2. The monoisotopic (exact) mass is 617 g/mol. The Morgan fingerprint density at radius 2 is 1.00 bits per heavy atom. The summed E-state index contributed by atoms with van der Waals surface area (Å²) in [5, 5.41) is 8.79. The lowest BCUT2D eigenvalue weighted by molar-refractivity contribution is -0.147. The summed E-state index contributed by atoms with van der Waals surface area (Å²) in [5.41, 5.74) is 0. The Labute approximate surface area is 273 Å². The fourth-order valence-electron chi connectivity index (χ4n) is 5.49. The maximum atomic E-state index is 12.5. The molecule has 44 heavy (non-hydrogen) atoms. The first-order valence-corrected chi connectivity index (χ1v) is 19.0. The van der Waals surface area contributed by atoms with Crippen molar-refractivity contribution in [2.45, 2.75) is 206 Å². The minimum atomic E-state index is -0.728. The highest BCUT2D eigenvalue weighted by Gasteiger charge is 2.11. The van der Waals surface area contributed by atoms with Crippen LogP contribution < -0.4 is 0 Å². The number of allylic oxidation sites excluding steroid dienone is 5. The van der Waals surface area contributed by atoms with Gasteiger partial charge in [-0.25, -0.2) is 0 Å². The van der Waals surface area contributed by atoms with Crippen molar-refractivity contribution < 1.29 is 19.4 Å². The molecule has 0 saturated heterocycles. The molecule has 4 nitrogen and oxygen atoms in total. The number of ether oxygens (including phenoxy) is 1. The van der Waals surface area contributed by atoms with Gasteiger partial charge in [-0.2, -0.15) is 0 Å². The van der Waals surface area contributed by atoms with Crippen LogP contribution in [0.5, 0.6) is 0 Å². The third-order valence-electron chi connectivity index (χ3n) is 8.30. The quantitative estimate of drug-likeness (QED) is 0.0444. The zero-order valence-electron chi connectivity index (χ0n) is 29.2. The molecule has 0 spiro atoms. The molecular weight excluding hydrogens is 544 g/mol. The highest BCUT2D eigenvalue weighted by atomic mass is 16.5. The van der Waals surface area contributed by atoms with Crippen LogP contribution in [0.15, 0.2) is 36.5 Å². The van der Waals surface area contributed by atoms with Gasteiger partial charge in [0, 0.05) is 12.8 Å². The molecule has 0 aromatic heterocycles. The third kappa shape index (κ3) is 34.6.